The van der Waals surface area contributed by atoms with Crippen LogP contribution in [-0.4, -0.2) is 71.4 Å². The number of piperazine rings is 1. The molecular weight excluding hydrogens is 424 g/mol. The van der Waals surface area contributed by atoms with Crippen molar-refractivity contribution in [2.75, 3.05) is 50.7 Å². The van der Waals surface area contributed by atoms with Gasteiger partial charge in [-0.2, -0.15) is 5.10 Å². The van der Waals surface area contributed by atoms with Crippen LogP contribution in [-0.2, 0) is 6.54 Å². The molecule has 0 saturated carbocycles. The number of carbonyl (C=O) groups is 1. The smallest absolute Gasteiger partial charge is 0.317 e. The normalized spacial score (nSPS) is 14.6. The van der Waals surface area contributed by atoms with Crippen LogP contribution in [0.25, 0.3) is 5.69 Å². The van der Waals surface area contributed by atoms with Crippen molar-refractivity contribution in [3.05, 3.63) is 41.6 Å². The van der Waals surface area contributed by atoms with E-state index in [1.165, 1.54) is 0 Å². The van der Waals surface area contributed by atoms with Crippen molar-refractivity contribution in [2.24, 2.45) is 5.92 Å². The summed E-state index contributed by atoms with van der Waals surface area (Å²) in [5, 5.41) is 8.12. The van der Waals surface area contributed by atoms with Crippen LogP contribution in [0.4, 0.5) is 10.6 Å². The Kier molecular flexibility index (Phi) is 9.81. The number of aryl methyl sites for hydroxylation is 1. The van der Waals surface area contributed by atoms with Gasteiger partial charge >= 0.3 is 6.03 Å². The molecule has 34 heavy (non-hydrogen) atoms. The third-order valence-corrected chi connectivity index (χ3v) is 6.70. The minimum absolute atomic E-state index is 0.0303. The van der Waals surface area contributed by atoms with Crippen molar-refractivity contribution in [3.8, 4) is 5.69 Å². The summed E-state index contributed by atoms with van der Waals surface area (Å²) in [6, 6.07) is 10.4. The van der Waals surface area contributed by atoms with E-state index in [4.69, 9.17) is 5.10 Å². The maximum atomic E-state index is 13.2. The van der Waals surface area contributed by atoms with E-state index in [0.717, 1.165) is 87.8 Å². The molecule has 1 fully saturated rings. The van der Waals surface area contributed by atoms with Gasteiger partial charge in [-0.3, -0.25) is 0 Å². The van der Waals surface area contributed by atoms with Crippen LogP contribution >= 0.6 is 0 Å². The van der Waals surface area contributed by atoms with Crippen LogP contribution in [0.3, 0.4) is 0 Å². The monoisotopic (exact) mass is 468 g/mol. The first-order valence-electron chi connectivity index (χ1n) is 13.1. The van der Waals surface area contributed by atoms with Gasteiger partial charge in [-0.05, 0) is 44.4 Å². The Hall–Kier alpha value is -2.54. The van der Waals surface area contributed by atoms with E-state index in [0.29, 0.717) is 12.5 Å². The number of para-hydroxylation sites is 1. The van der Waals surface area contributed by atoms with Crippen molar-refractivity contribution in [3.63, 3.8) is 0 Å². The lowest BCUT2D eigenvalue weighted by Crippen LogP contribution is -2.47. The van der Waals surface area contributed by atoms with Gasteiger partial charge in [0, 0.05) is 44.8 Å². The zero-order chi connectivity index (χ0) is 24.5. The molecule has 3 rings (SSSR count). The molecule has 1 aromatic heterocycles. The Bertz CT molecular complexity index is 886. The highest BCUT2D eigenvalue weighted by Gasteiger charge is 2.27. The molecular formula is C27H44N6O. The lowest BCUT2D eigenvalue weighted by atomic mass is 10.1. The van der Waals surface area contributed by atoms with Crippen molar-refractivity contribution < 1.29 is 4.79 Å². The van der Waals surface area contributed by atoms with Gasteiger partial charge in [0.25, 0.3) is 0 Å². The number of aromatic nitrogens is 2. The van der Waals surface area contributed by atoms with Gasteiger partial charge in [0.2, 0.25) is 0 Å². The van der Waals surface area contributed by atoms with Crippen LogP contribution in [0.1, 0.15) is 58.2 Å². The first-order chi connectivity index (χ1) is 16.4. The van der Waals surface area contributed by atoms with Gasteiger partial charge in [-0.15, -0.1) is 0 Å². The number of hydrogen-bond acceptors (Lipinski definition) is 4. The SMILES string of the molecule is CCCCNC(=O)N(CCC(C)C)Cc1c(C)nn(-c2ccccc2)c1N1CCN(CC)CC1. The molecule has 0 atom stereocenters. The zero-order valence-electron chi connectivity index (χ0n) is 21.9. The van der Waals surface area contributed by atoms with Crippen molar-refractivity contribution >= 4 is 11.8 Å². The number of carbonyl (C=O) groups excluding carboxylic acids is 1. The molecule has 0 spiro atoms. The minimum atomic E-state index is 0.0303. The lowest BCUT2D eigenvalue weighted by molar-refractivity contribution is 0.191. The van der Waals surface area contributed by atoms with E-state index in [9.17, 15) is 4.79 Å². The van der Waals surface area contributed by atoms with Crippen molar-refractivity contribution in [2.45, 2.75) is 60.4 Å². The van der Waals surface area contributed by atoms with Gasteiger partial charge in [0.15, 0.2) is 0 Å². The second-order valence-electron chi connectivity index (χ2n) is 9.75. The fourth-order valence-corrected chi connectivity index (χ4v) is 4.42. The predicted octanol–water partition coefficient (Wildman–Crippen LogP) is 4.68. The maximum Gasteiger partial charge on any atom is 0.317 e. The molecule has 1 aromatic carbocycles. The van der Waals surface area contributed by atoms with Gasteiger partial charge in [-0.25, -0.2) is 9.48 Å². The number of hydrogen-bond donors (Lipinski definition) is 1. The second kappa shape index (κ2) is 12.8. The number of likely N-dealkylation sites (N-methyl/N-ethyl adjacent to an activating group) is 1. The van der Waals surface area contributed by atoms with Crippen LogP contribution in [0.2, 0.25) is 0 Å². The summed E-state index contributed by atoms with van der Waals surface area (Å²) in [7, 11) is 0. The molecule has 7 heteroatoms. The summed E-state index contributed by atoms with van der Waals surface area (Å²) >= 11 is 0. The summed E-state index contributed by atoms with van der Waals surface area (Å²) in [5.41, 5.74) is 3.21. The van der Waals surface area contributed by atoms with Gasteiger partial charge in [0.05, 0.1) is 17.9 Å². The average Bonchev–Trinajstić information content (AvgIpc) is 3.18. The van der Waals surface area contributed by atoms with E-state index in [1.54, 1.807) is 0 Å². The highest BCUT2D eigenvalue weighted by atomic mass is 16.2. The van der Waals surface area contributed by atoms with E-state index in [-0.39, 0.29) is 6.03 Å². The number of unbranched alkanes of at least 4 members (excludes halogenated alkanes) is 1. The standard InChI is InChI=1S/C27H44N6O/c1-6-8-15-28-27(34)32(16-14-22(3)4)21-25-23(5)29-33(24-12-10-9-11-13-24)26(25)31-19-17-30(7-2)18-20-31/h9-13,22H,6-8,14-21H2,1-5H3,(H,28,34). The Labute approximate surface area is 206 Å². The zero-order valence-corrected chi connectivity index (χ0v) is 21.9. The summed E-state index contributed by atoms with van der Waals surface area (Å²) < 4.78 is 2.09. The fraction of sp³-hybridized carbons (Fsp3) is 0.630. The van der Waals surface area contributed by atoms with Gasteiger partial charge in [-0.1, -0.05) is 52.3 Å². The van der Waals surface area contributed by atoms with E-state index in [2.05, 4.69) is 78.7 Å². The molecule has 1 N–H and O–H groups in total. The largest absolute Gasteiger partial charge is 0.354 e. The van der Waals surface area contributed by atoms with Crippen LogP contribution in [0.5, 0.6) is 0 Å². The third-order valence-electron chi connectivity index (χ3n) is 6.70. The summed E-state index contributed by atoms with van der Waals surface area (Å²) in [6.07, 6.45) is 3.06. The summed E-state index contributed by atoms with van der Waals surface area (Å²) in [6.45, 7) is 18.0. The van der Waals surface area contributed by atoms with E-state index in [1.807, 2.05) is 11.0 Å². The Morgan fingerprint density at radius 1 is 1.12 bits per heavy atom. The lowest BCUT2D eigenvalue weighted by Gasteiger charge is -2.36. The molecule has 0 bridgehead atoms. The summed E-state index contributed by atoms with van der Waals surface area (Å²) in [4.78, 5) is 20.1. The highest BCUT2D eigenvalue weighted by Crippen LogP contribution is 2.30. The molecule has 0 radical (unpaired) electrons. The molecule has 188 valence electrons. The molecule has 2 amide bonds. The first-order valence-corrected chi connectivity index (χ1v) is 13.1. The molecule has 2 aromatic rings. The number of nitrogens with zero attached hydrogens (tertiary/aromatic N) is 5. The molecule has 7 nitrogen and oxygen atoms in total. The van der Waals surface area contributed by atoms with Crippen LogP contribution in [0, 0.1) is 12.8 Å². The third kappa shape index (κ3) is 6.75. The highest BCUT2D eigenvalue weighted by molar-refractivity contribution is 5.74. The van der Waals surface area contributed by atoms with Gasteiger partial charge < -0.3 is 20.0 Å². The number of urea groups is 1. The van der Waals surface area contributed by atoms with Crippen molar-refractivity contribution in [1.82, 2.24) is 24.9 Å². The fourth-order valence-electron chi connectivity index (χ4n) is 4.42. The van der Waals surface area contributed by atoms with Crippen LogP contribution in [0.15, 0.2) is 30.3 Å². The number of anilines is 1. The Morgan fingerprint density at radius 3 is 2.44 bits per heavy atom. The topological polar surface area (TPSA) is 56.6 Å². The van der Waals surface area contributed by atoms with Crippen LogP contribution < -0.4 is 10.2 Å². The maximum absolute atomic E-state index is 13.2. The Morgan fingerprint density at radius 2 is 1.82 bits per heavy atom. The number of nitrogens with one attached hydrogen (secondary N) is 1. The molecule has 1 aliphatic heterocycles. The van der Waals surface area contributed by atoms with E-state index < -0.39 is 0 Å². The Balaban J connectivity index is 1.94. The first kappa shape index (κ1) is 26.1. The average molecular weight is 469 g/mol. The molecule has 0 aliphatic carbocycles. The minimum Gasteiger partial charge on any atom is -0.354 e. The summed E-state index contributed by atoms with van der Waals surface area (Å²) in [5.74, 6) is 1.68. The number of amides is 2. The predicted molar refractivity (Wildman–Crippen MR) is 141 cm³/mol. The number of rotatable bonds is 11. The second-order valence-corrected chi connectivity index (χ2v) is 9.75. The molecule has 2 heterocycles. The van der Waals surface area contributed by atoms with Crippen molar-refractivity contribution in [1.29, 1.82) is 0 Å². The number of benzene rings is 1. The quantitative estimate of drug-likeness (QED) is 0.487. The molecule has 1 aliphatic rings. The molecule has 0 unspecified atom stereocenters. The molecule has 1 saturated heterocycles. The van der Waals surface area contributed by atoms with Gasteiger partial charge in [0.1, 0.15) is 5.82 Å². The van der Waals surface area contributed by atoms with E-state index >= 15 is 0 Å².